The van der Waals surface area contributed by atoms with Crippen LogP contribution in [0, 0.1) is 13.8 Å². The Morgan fingerprint density at radius 1 is 1.06 bits per heavy atom. The number of Topliss-reactive ketones (excluding diaryl/α,β-unsaturated/α-hetero) is 1. The molecule has 0 radical (unpaired) electrons. The summed E-state index contributed by atoms with van der Waals surface area (Å²) in [6.07, 6.45) is 0. The van der Waals surface area contributed by atoms with E-state index < -0.39 is 17.7 Å². The summed E-state index contributed by atoms with van der Waals surface area (Å²) in [4.78, 5) is 27.3. The van der Waals surface area contributed by atoms with Gasteiger partial charge in [0.05, 0.1) is 18.2 Å². The van der Waals surface area contributed by atoms with Gasteiger partial charge in [-0.05, 0) is 48.7 Å². The molecule has 2 aromatic rings. The van der Waals surface area contributed by atoms with Gasteiger partial charge in [0.2, 0.25) is 0 Å². The highest BCUT2D eigenvalue weighted by Crippen LogP contribution is 2.42. The van der Waals surface area contributed by atoms with Gasteiger partial charge in [-0.25, -0.2) is 0 Å². The number of carbonyl (C=O) groups excluding carboxylic acids is 2. The number of benzene rings is 2. The summed E-state index contributed by atoms with van der Waals surface area (Å²) < 4.78 is 16.4. The maximum atomic E-state index is 13.0. The van der Waals surface area contributed by atoms with Gasteiger partial charge in [-0.1, -0.05) is 18.2 Å². The van der Waals surface area contributed by atoms with Crippen LogP contribution in [0.3, 0.4) is 0 Å². The fourth-order valence-electron chi connectivity index (χ4n) is 3.92. The predicted molar refractivity (Wildman–Crippen MR) is 114 cm³/mol. The Balaban J connectivity index is 1.86. The minimum Gasteiger partial charge on any atom is -0.507 e. The minimum absolute atomic E-state index is 0.0565. The van der Waals surface area contributed by atoms with Crippen molar-refractivity contribution in [3.8, 4) is 11.5 Å². The molecule has 1 N–H and O–H groups in total. The lowest BCUT2D eigenvalue weighted by atomic mass is 9.94. The molecule has 1 amide bonds. The van der Waals surface area contributed by atoms with Crippen molar-refractivity contribution in [2.45, 2.75) is 19.9 Å². The van der Waals surface area contributed by atoms with E-state index in [-0.39, 0.29) is 24.5 Å². The van der Waals surface area contributed by atoms with Gasteiger partial charge < -0.3 is 24.2 Å². The molecule has 31 heavy (non-hydrogen) atoms. The fraction of sp³-hybridized carbons (Fsp3) is 0.333. The molecule has 0 bridgehead atoms. The quantitative estimate of drug-likeness (QED) is 0.452. The van der Waals surface area contributed by atoms with Crippen LogP contribution < -0.4 is 9.47 Å². The molecule has 0 saturated carbocycles. The van der Waals surface area contributed by atoms with E-state index in [0.29, 0.717) is 35.8 Å². The maximum absolute atomic E-state index is 13.0. The number of ether oxygens (including phenoxy) is 3. The van der Waals surface area contributed by atoms with E-state index >= 15 is 0 Å². The van der Waals surface area contributed by atoms with E-state index in [2.05, 4.69) is 0 Å². The highest BCUT2D eigenvalue weighted by Gasteiger charge is 2.46. The molecule has 2 aliphatic heterocycles. The molecular formula is C24H25NO6. The summed E-state index contributed by atoms with van der Waals surface area (Å²) in [5, 5.41) is 11.1. The van der Waals surface area contributed by atoms with E-state index in [0.717, 1.165) is 11.1 Å². The number of carbonyl (C=O) groups is 2. The molecule has 0 aliphatic carbocycles. The molecule has 1 atom stereocenters. The Bertz CT molecular complexity index is 1070. The Morgan fingerprint density at radius 3 is 2.52 bits per heavy atom. The van der Waals surface area contributed by atoms with Crippen LogP contribution in [0.1, 0.15) is 28.3 Å². The fourth-order valence-corrected chi connectivity index (χ4v) is 3.92. The van der Waals surface area contributed by atoms with E-state index in [1.165, 1.54) is 12.0 Å². The number of nitrogens with zero attached hydrogens (tertiary/aromatic N) is 1. The summed E-state index contributed by atoms with van der Waals surface area (Å²) in [7, 11) is 1.53. The minimum atomic E-state index is -0.757. The van der Waals surface area contributed by atoms with E-state index in [9.17, 15) is 14.7 Å². The standard InChI is InChI=1S/C24H25NO6/c1-14-4-5-17(12-15(14)2)22(26)20-21(25(8-9-29-3)24(28)23(20)27)16-6-7-18-19(13-16)31-11-10-30-18/h4-7,12-13,21,26H,8-11H2,1-3H3/b22-20-. The number of methoxy groups -OCH3 is 1. The van der Waals surface area contributed by atoms with Crippen LogP contribution in [0.4, 0.5) is 0 Å². The van der Waals surface area contributed by atoms with Crippen LogP contribution in [-0.4, -0.2) is 55.2 Å². The molecule has 162 valence electrons. The Labute approximate surface area is 180 Å². The summed E-state index contributed by atoms with van der Waals surface area (Å²) >= 11 is 0. The first kappa shape index (κ1) is 20.9. The zero-order chi connectivity index (χ0) is 22.1. The first-order chi connectivity index (χ1) is 14.9. The van der Waals surface area contributed by atoms with Gasteiger partial charge in [0.15, 0.2) is 11.5 Å². The molecular weight excluding hydrogens is 398 g/mol. The van der Waals surface area contributed by atoms with Crippen molar-refractivity contribution >= 4 is 17.4 Å². The number of ketones is 1. The van der Waals surface area contributed by atoms with Gasteiger partial charge in [0.25, 0.3) is 11.7 Å². The van der Waals surface area contributed by atoms with Gasteiger partial charge in [-0.15, -0.1) is 0 Å². The van der Waals surface area contributed by atoms with Gasteiger partial charge in [0, 0.05) is 19.2 Å². The number of hydrogen-bond donors (Lipinski definition) is 1. The van der Waals surface area contributed by atoms with E-state index in [4.69, 9.17) is 14.2 Å². The zero-order valence-corrected chi connectivity index (χ0v) is 17.8. The zero-order valence-electron chi connectivity index (χ0n) is 17.8. The Hall–Kier alpha value is -3.32. The molecule has 2 aliphatic rings. The number of aryl methyl sites for hydroxylation is 2. The topological polar surface area (TPSA) is 85.3 Å². The van der Waals surface area contributed by atoms with Crippen molar-refractivity contribution in [2.24, 2.45) is 0 Å². The van der Waals surface area contributed by atoms with Crippen molar-refractivity contribution in [1.82, 2.24) is 4.90 Å². The monoisotopic (exact) mass is 423 g/mol. The van der Waals surface area contributed by atoms with Crippen molar-refractivity contribution in [3.05, 3.63) is 64.2 Å². The average Bonchev–Trinajstić information content (AvgIpc) is 3.03. The number of aliphatic hydroxyl groups excluding tert-OH is 1. The van der Waals surface area contributed by atoms with Crippen LogP contribution >= 0.6 is 0 Å². The number of amides is 1. The largest absolute Gasteiger partial charge is 0.507 e. The second-order valence-electron chi connectivity index (χ2n) is 7.69. The lowest BCUT2D eigenvalue weighted by molar-refractivity contribution is -0.140. The second kappa shape index (κ2) is 8.43. The molecule has 2 aromatic carbocycles. The lowest BCUT2D eigenvalue weighted by Crippen LogP contribution is -2.32. The van der Waals surface area contributed by atoms with Gasteiger partial charge >= 0.3 is 0 Å². The van der Waals surface area contributed by atoms with E-state index in [1.807, 2.05) is 26.0 Å². The third kappa shape index (κ3) is 3.77. The molecule has 7 heteroatoms. The third-order valence-corrected chi connectivity index (χ3v) is 5.74. The van der Waals surface area contributed by atoms with Gasteiger partial charge in [0.1, 0.15) is 19.0 Å². The first-order valence-corrected chi connectivity index (χ1v) is 10.2. The van der Waals surface area contributed by atoms with E-state index in [1.54, 1.807) is 24.3 Å². The summed E-state index contributed by atoms with van der Waals surface area (Å²) in [6, 6.07) is 10.00. The van der Waals surface area contributed by atoms with Crippen molar-refractivity contribution in [2.75, 3.05) is 33.5 Å². The average molecular weight is 423 g/mol. The van der Waals surface area contributed by atoms with Crippen LogP contribution in [0.2, 0.25) is 0 Å². The lowest BCUT2D eigenvalue weighted by Gasteiger charge is -2.26. The highest BCUT2D eigenvalue weighted by molar-refractivity contribution is 6.46. The van der Waals surface area contributed by atoms with Gasteiger partial charge in [-0.3, -0.25) is 9.59 Å². The molecule has 2 heterocycles. The number of rotatable bonds is 5. The molecule has 1 unspecified atom stereocenters. The van der Waals surface area contributed by atoms with Crippen molar-refractivity contribution in [3.63, 3.8) is 0 Å². The predicted octanol–water partition coefficient (Wildman–Crippen LogP) is 3.14. The normalized spacial score (nSPS) is 19.7. The maximum Gasteiger partial charge on any atom is 0.295 e. The third-order valence-electron chi connectivity index (χ3n) is 5.74. The number of hydrogen-bond acceptors (Lipinski definition) is 6. The molecule has 7 nitrogen and oxygen atoms in total. The molecule has 1 saturated heterocycles. The summed E-state index contributed by atoms with van der Waals surface area (Å²) in [5.74, 6) is -0.416. The van der Waals surface area contributed by atoms with Crippen LogP contribution in [0.5, 0.6) is 11.5 Å². The summed E-state index contributed by atoms with van der Waals surface area (Å²) in [5.41, 5.74) is 3.26. The Morgan fingerprint density at radius 2 is 1.81 bits per heavy atom. The van der Waals surface area contributed by atoms with Crippen LogP contribution in [-0.2, 0) is 14.3 Å². The molecule has 0 spiro atoms. The Kier molecular flexibility index (Phi) is 5.69. The molecule has 0 aromatic heterocycles. The molecule has 1 fully saturated rings. The second-order valence-corrected chi connectivity index (χ2v) is 7.69. The van der Waals surface area contributed by atoms with Crippen molar-refractivity contribution < 1.29 is 28.9 Å². The molecule has 4 rings (SSSR count). The number of likely N-dealkylation sites (tertiary alicyclic amines) is 1. The highest BCUT2D eigenvalue weighted by atomic mass is 16.6. The van der Waals surface area contributed by atoms with Crippen LogP contribution in [0.15, 0.2) is 42.0 Å². The summed E-state index contributed by atoms with van der Waals surface area (Å²) in [6.45, 7) is 5.26. The van der Waals surface area contributed by atoms with Crippen LogP contribution in [0.25, 0.3) is 5.76 Å². The van der Waals surface area contributed by atoms with Crippen molar-refractivity contribution in [1.29, 1.82) is 0 Å². The first-order valence-electron chi connectivity index (χ1n) is 10.2. The smallest absolute Gasteiger partial charge is 0.295 e. The SMILES string of the molecule is COCCN1C(=O)C(=O)/C(=C(\O)c2ccc(C)c(C)c2)C1c1ccc2c(c1)OCCO2. The number of fused-ring (bicyclic) bond motifs is 1. The van der Waals surface area contributed by atoms with Gasteiger partial charge in [-0.2, -0.15) is 0 Å². The number of aliphatic hydroxyl groups is 1.